The first-order valence-electron chi connectivity index (χ1n) is 8.29. The van der Waals surface area contributed by atoms with Crippen molar-refractivity contribution in [2.45, 2.75) is 6.18 Å². The van der Waals surface area contributed by atoms with Crippen LogP contribution in [0.25, 0.3) is 16.9 Å². The summed E-state index contributed by atoms with van der Waals surface area (Å²) in [5, 5.41) is 2.70. The molecule has 4 aromatic rings. The highest BCUT2D eigenvalue weighted by Crippen LogP contribution is 2.31. The molecule has 140 valence electrons. The summed E-state index contributed by atoms with van der Waals surface area (Å²) in [6, 6.07) is 13.2. The average Bonchev–Trinajstić information content (AvgIpc) is 3.12. The third kappa shape index (κ3) is 3.44. The second kappa shape index (κ2) is 6.80. The van der Waals surface area contributed by atoms with E-state index < -0.39 is 11.7 Å². The number of halogens is 3. The molecule has 3 aromatic heterocycles. The van der Waals surface area contributed by atoms with Crippen LogP contribution in [-0.4, -0.2) is 20.3 Å². The summed E-state index contributed by atoms with van der Waals surface area (Å²) < 4.78 is 39.9. The molecule has 1 aromatic carbocycles. The molecule has 0 radical (unpaired) electrons. The lowest BCUT2D eigenvalue weighted by Gasteiger charge is -2.06. The molecule has 0 saturated heterocycles. The molecule has 0 fully saturated rings. The van der Waals surface area contributed by atoms with Gasteiger partial charge in [-0.3, -0.25) is 4.79 Å². The SMILES string of the molecule is O=C(Nc1ccccn1)c1cccn2cc(-c3ccc(C(F)(F)F)cc3)nc12. The molecular weight excluding hydrogens is 369 g/mol. The molecule has 0 spiro atoms. The zero-order valence-corrected chi connectivity index (χ0v) is 14.3. The van der Waals surface area contributed by atoms with Crippen LogP contribution in [0.3, 0.4) is 0 Å². The Labute approximate surface area is 157 Å². The van der Waals surface area contributed by atoms with Crippen molar-refractivity contribution in [3.8, 4) is 11.3 Å². The molecule has 0 aliphatic rings. The summed E-state index contributed by atoms with van der Waals surface area (Å²) in [5.41, 5.74) is 0.979. The number of rotatable bonds is 3. The number of carbonyl (C=O) groups is 1. The predicted octanol–water partition coefficient (Wildman–Crippen LogP) is 4.67. The van der Waals surface area contributed by atoms with Crippen molar-refractivity contribution in [3.63, 3.8) is 0 Å². The number of carbonyl (C=O) groups excluding carboxylic acids is 1. The molecule has 0 aliphatic heterocycles. The summed E-state index contributed by atoms with van der Waals surface area (Å²) >= 11 is 0. The van der Waals surface area contributed by atoms with Gasteiger partial charge in [-0.15, -0.1) is 0 Å². The minimum Gasteiger partial charge on any atom is -0.306 e. The zero-order chi connectivity index (χ0) is 19.7. The molecule has 3 heterocycles. The smallest absolute Gasteiger partial charge is 0.306 e. The Morgan fingerprint density at radius 3 is 2.46 bits per heavy atom. The van der Waals surface area contributed by atoms with Crippen molar-refractivity contribution >= 4 is 17.4 Å². The maximum atomic E-state index is 12.7. The molecule has 5 nitrogen and oxygen atoms in total. The lowest BCUT2D eigenvalue weighted by atomic mass is 10.1. The number of fused-ring (bicyclic) bond motifs is 1. The predicted molar refractivity (Wildman–Crippen MR) is 97.8 cm³/mol. The molecule has 0 unspecified atom stereocenters. The third-order valence-corrected chi connectivity index (χ3v) is 4.14. The Morgan fingerprint density at radius 1 is 1.00 bits per heavy atom. The van der Waals surface area contributed by atoms with Gasteiger partial charge in [-0.1, -0.05) is 18.2 Å². The minimum atomic E-state index is -4.39. The van der Waals surface area contributed by atoms with Gasteiger partial charge in [-0.05, 0) is 36.4 Å². The molecule has 28 heavy (non-hydrogen) atoms. The molecular formula is C20H13F3N4O. The van der Waals surface area contributed by atoms with Gasteiger partial charge in [0.2, 0.25) is 0 Å². The van der Waals surface area contributed by atoms with Gasteiger partial charge in [0, 0.05) is 24.2 Å². The number of hydrogen-bond donors (Lipinski definition) is 1. The fourth-order valence-electron chi connectivity index (χ4n) is 2.78. The van der Waals surface area contributed by atoms with E-state index in [1.165, 1.54) is 12.1 Å². The van der Waals surface area contributed by atoms with Gasteiger partial charge in [0.25, 0.3) is 5.91 Å². The van der Waals surface area contributed by atoms with Gasteiger partial charge in [-0.2, -0.15) is 13.2 Å². The van der Waals surface area contributed by atoms with Crippen LogP contribution in [-0.2, 0) is 6.18 Å². The number of pyridine rings is 2. The van der Waals surface area contributed by atoms with Crippen LogP contribution in [0, 0.1) is 0 Å². The van der Waals surface area contributed by atoms with Crippen LogP contribution < -0.4 is 5.32 Å². The molecule has 1 amide bonds. The first kappa shape index (κ1) is 17.7. The molecule has 1 N–H and O–H groups in total. The Balaban J connectivity index is 1.68. The number of benzene rings is 1. The van der Waals surface area contributed by atoms with Crippen molar-refractivity contribution in [2.24, 2.45) is 0 Å². The monoisotopic (exact) mass is 382 g/mol. The summed E-state index contributed by atoms with van der Waals surface area (Å²) in [5.74, 6) is 0.0258. The zero-order valence-electron chi connectivity index (χ0n) is 14.3. The Kier molecular flexibility index (Phi) is 4.31. The van der Waals surface area contributed by atoms with E-state index in [0.29, 0.717) is 28.3 Å². The molecule has 0 atom stereocenters. The number of nitrogens with one attached hydrogen (secondary N) is 1. The summed E-state index contributed by atoms with van der Waals surface area (Å²) in [6.45, 7) is 0. The topological polar surface area (TPSA) is 59.3 Å². The summed E-state index contributed by atoms with van der Waals surface area (Å²) in [6.07, 6.45) is 0.547. The van der Waals surface area contributed by atoms with E-state index in [1.54, 1.807) is 53.3 Å². The second-order valence-corrected chi connectivity index (χ2v) is 6.02. The molecule has 0 bridgehead atoms. The fraction of sp³-hybridized carbons (Fsp3) is 0.0500. The lowest BCUT2D eigenvalue weighted by molar-refractivity contribution is -0.137. The number of nitrogens with zero attached hydrogens (tertiary/aromatic N) is 3. The third-order valence-electron chi connectivity index (χ3n) is 4.14. The van der Waals surface area contributed by atoms with E-state index in [0.717, 1.165) is 12.1 Å². The van der Waals surface area contributed by atoms with Crippen LogP contribution >= 0.6 is 0 Å². The van der Waals surface area contributed by atoms with Gasteiger partial charge in [-0.25, -0.2) is 9.97 Å². The van der Waals surface area contributed by atoms with Gasteiger partial charge < -0.3 is 9.72 Å². The van der Waals surface area contributed by atoms with Gasteiger partial charge in [0.05, 0.1) is 16.8 Å². The number of amides is 1. The first-order valence-corrected chi connectivity index (χ1v) is 8.29. The van der Waals surface area contributed by atoms with Crippen molar-refractivity contribution in [3.05, 3.63) is 84.3 Å². The van der Waals surface area contributed by atoms with E-state index in [1.807, 2.05) is 0 Å². The van der Waals surface area contributed by atoms with Crippen molar-refractivity contribution in [1.29, 1.82) is 0 Å². The highest BCUT2D eigenvalue weighted by Gasteiger charge is 2.30. The number of aromatic nitrogens is 3. The van der Waals surface area contributed by atoms with Crippen molar-refractivity contribution in [1.82, 2.24) is 14.4 Å². The highest BCUT2D eigenvalue weighted by molar-refractivity contribution is 6.08. The Bertz CT molecular complexity index is 1140. The Morgan fingerprint density at radius 2 is 1.79 bits per heavy atom. The highest BCUT2D eigenvalue weighted by atomic mass is 19.4. The van der Waals surface area contributed by atoms with E-state index in [2.05, 4.69) is 15.3 Å². The van der Waals surface area contributed by atoms with Gasteiger partial charge in [0.1, 0.15) is 11.5 Å². The minimum absolute atomic E-state index is 0.325. The van der Waals surface area contributed by atoms with Crippen LogP contribution in [0.2, 0.25) is 0 Å². The number of hydrogen-bond acceptors (Lipinski definition) is 3. The lowest BCUT2D eigenvalue weighted by Crippen LogP contribution is -2.14. The largest absolute Gasteiger partial charge is 0.416 e. The van der Waals surface area contributed by atoms with E-state index >= 15 is 0 Å². The molecule has 4 rings (SSSR count). The fourth-order valence-corrected chi connectivity index (χ4v) is 2.78. The maximum absolute atomic E-state index is 12.7. The quantitative estimate of drug-likeness (QED) is 0.560. The van der Waals surface area contributed by atoms with Crippen molar-refractivity contribution in [2.75, 3.05) is 5.32 Å². The number of alkyl halides is 3. The van der Waals surface area contributed by atoms with E-state index in [9.17, 15) is 18.0 Å². The summed E-state index contributed by atoms with van der Waals surface area (Å²) in [4.78, 5) is 21.1. The molecule has 8 heteroatoms. The van der Waals surface area contributed by atoms with Crippen LogP contribution in [0.1, 0.15) is 15.9 Å². The van der Waals surface area contributed by atoms with E-state index in [-0.39, 0.29) is 5.91 Å². The first-order chi connectivity index (χ1) is 13.4. The second-order valence-electron chi connectivity index (χ2n) is 6.02. The molecule has 0 aliphatic carbocycles. The normalized spacial score (nSPS) is 11.5. The maximum Gasteiger partial charge on any atom is 0.416 e. The summed E-state index contributed by atoms with van der Waals surface area (Å²) in [7, 11) is 0. The standard InChI is InChI=1S/C20H13F3N4O/c21-20(22,23)14-8-6-13(7-9-14)16-12-27-11-3-4-15(18(27)25-16)19(28)26-17-5-1-2-10-24-17/h1-12H,(H,24,26,28). The van der Waals surface area contributed by atoms with Crippen molar-refractivity contribution < 1.29 is 18.0 Å². The van der Waals surface area contributed by atoms with Gasteiger partial charge >= 0.3 is 6.18 Å². The number of imidazole rings is 1. The van der Waals surface area contributed by atoms with E-state index in [4.69, 9.17) is 0 Å². The Hall–Kier alpha value is -3.68. The van der Waals surface area contributed by atoms with Gasteiger partial charge in [0.15, 0.2) is 0 Å². The average molecular weight is 382 g/mol. The van der Waals surface area contributed by atoms with Crippen LogP contribution in [0.15, 0.2) is 73.2 Å². The van der Waals surface area contributed by atoms with Crippen LogP contribution in [0.4, 0.5) is 19.0 Å². The number of anilines is 1. The molecule has 0 saturated carbocycles. The van der Waals surface area contributed by atoms with Crippen LogP contribution in [0.5, 0.6) is 0 Å².